The molecule has 2 rings (SSSR count). The van der Waals surface area contributed by atoms with Crippen LogP contribution in [0.1, 0.15) is 0 Å². The first-order chi connectivity index (χ1) is 5.83. The van der Waals surface area contributed by atoms with E-state index in [0.29, 0.717) is 0 Å². The van der Waals surface area contributed by atoms with Crippen LogP contribution in [0.4, 0.5) is 0 Å². The summed E-state index contributed by atoms with van der Waals surface area (Å²) < 4.78 is 1.23. The lowest BCUT2D eigenvalue weighted by molar-refractivity contribution is 0.867. The molecule has 1 heterocycles. The highest BCUT2D eigenvalue weighted by Gasteiger charge is 2.01. The molecule has 1 aromatic carbocycles. The van der Waals surface area contributed by atoms with Gasteiger partial charge in [0.25, 0.3) is 0 Å². The SMILES string of the molecule is C=Nn1c(=O)[nH]c2ccccc21. The van der Waals surface area contributed by atoms with Crippen molar-refractivity contribution < 1.29 is 0 Å². The van der Waals surface area contributed by atoms with E-state index in [9.17, 15) is 4.79 Å². The summed E-state index contributed by atoms with van der Waals surface area (Å²) in [6, 6.07) is 7.32. The first-order valence-corrected chi connectivity index (χ1v) is 3.49. The van der Waals surface area contributed by atoms with Crippen LogP contribution in [0.25, 0.3) is 11.0 Å². The van der Waals surface area contributed by atoms with Crippen molar-refractivity contribution in [3.8, 4) is 0 Å². The first kappa shape index (κ1) is 6.84. The van der Waals surface area contributed by atoms with E-state index in [2.05, 4.69) is 16.8 Å². The molecule has 0 saturated heterocycles. The molecule has 2 aromatic rings. The summed E-state index contributed by atoms with van der Waals surface area (Å²) in [5.74, 6) is 0. The zero-order chi connectivity index (χ0) is 8.55. The average Bonchev–Trinajstić information content (AvgIpc) is 2.40. The molecule has 0 bridgehead atoms. The van der Waals surface area contributed by atoms with Crippen LogP contribution in [0.2, 0.25) is 0 Å². The number of hydrogen-bond donors (Lipinski definition) is 1. The van der Waals surface area contributed by atoms with Gasteiger partial charge < -0.3 is 4.98 Å². The predicted octanol–water partition coefficient (Wildman–Crippen LogP) is 0.793. The van der Waals surface area contributed by atoms with Crippen molar-refractivity contribution in [3.63, 3.8) is 0 Å². The molecule has 0 aliphatic heterocycles. The average molecular weight is 161 g/mol. The van der Waals surface area contributed by atoms with Gasteiger partial charge in [-0.15, -0.1) is 0 Å². The van der Waals surface area contributed by atoms with Crippen LogP contribution in [0.5, 0.6) is 0 Å². The fourth-order valence-electron chi connectivity index (χ4n) is 1.18. The van der Waals surface area contributed by atoms with E-state index in [0.717, 1.165) is 11.0 Å². The maximum absolute atomic E-state index is 11.1. The molecule has 4 heteroatoms. The Morgan fingerprint density at radius 3 is 2.92 bits per heavy atom. The summed E-state index contributed by atoms with van der Waals surface area (Å²) in [5.41, 5.74) is 1.26. The van der Waals surface area contributed by atoms with Crippen molar-refractivity contribution in [1.29, 1.82) is 0 Å². The summed E-state index contributed by atoms with van der Waals surface area (Å²) >= 11 is 0. The Kier molecular flexibility index (Phi) is 1.33. The van der Waals surface area contributed by atoms with Gasteiger partial charge in [-0.3, -0.25) is 0 Å². The lowest BCUT2D eigenvalue weighted by Crippen LogP contribution is -2.11. The Morgan fingerprint density at radius 2 is 2.17 bits per heavy atom. The van der Waals surface area contributed by atoms with E-state index in [1.807, 2.05) is 24.3 Å². The third kappa shape index (κ3) is 0.780. The zero-order valence-electron chi connectivity index (χ0n) is 6.32. The van der Waals surface area contributed by atoms with Crippen molar-refractivity contribution in [2.45, 2.75) is 0 Å². The van der Waals surface area contributed by atoms with Crippen LogP contribution in [0, 0.1) is 0 Å². The van der Waals surface area contributed by atoms with Gasteiger partial charge in [-0.1, -0.05) is 12.1 Å². The summed E-state index contributed by atoms with van der Waals surface area (Å²) in [7, 11) is 0. The number of H-pyrrole nitrogens is 1. The van der Waals surface area contributed by atoms with Crippen LogP contribution in [0.3, 0.4) is 0 Å². The Balaban J connectivity index is 3.00. The van der Waals surface area contributed by atoms with Gasteiger partial charge in [-0.05, 0) is 12.1 Å². The van der Waals surface area contributed by atoms with Gasteiger partial charge in [0.15, 0.2) is 0 Å². The van der Waals surface area contributed by atoms with E-state index in [1.165, 1.54) is 4.68 Å². The van der Waals surface area contributed by atoms with Crippen LogP contribution in [-0.2, 0) is 0 Å². The second-order valence-electron chi connectivity index (χ2n) is 2.40. The van der Waals surface area contributed by atoms with Crippen LogP contribution in [0.15, 0.2) is 34.2 Å². The summed E-state index contributed by atoms with van der Waals surface area (Å²) in [6.45, 7) is 3.31. The highest BCUT2D eigenvalue weighted by atomic mass is 16.1. The Bertz CT molecular complexity index is 480. The normalized spacial score (nSPS) is 10.3. The maximum Gasteiger partial charge on any atom is 0.347 e. The number of hydrogen-bond acceptors (Lipinski definition) is 2. The smallest absolute Gasteiger partial charge is 0.304 e. The third-order valence-electron chi connectivity index (χ3n) is 1.71. The molecule has 0 aliphatic carbocycles. The molecule has 1 aromatic heterocycles. The molecule has 60 valence electrons. The van der Waals surface area contributed by atoms with Gasteiger partial charge in [0.1, 0.15) is 0 Å². The fraction of sp³-hybridized carbons (Fsp3) is 0. The lowest BCUT2D eigenvalue weighted by Gasteiger charge is -1.90. The van der Waals surface area contributed by atoms with E-state index in [-0.39, 0.29) is 5.69 Å². The van der Waals surface area contributed by atoms with Crippen molar-refractivity contribution in [2.75, 3.05) is 0 Å². The van der Waals surface area contributed by atoms with Crippen molar-refractivity contribution in [1.82, 2.24) is 9.66 Å². The number of imidazole rings is 1. The molecule has 0 spiro atoms. The summed E-state index contributed by atoms with van der Waals surface area (Å²) in [6.07, 6.45) is 0. The van der Waals surface area contributed by atoms with Gasteiger partial charge in [0.2, 0.25) is 0 Å². The minimum absolute atomic E-state index is 0.258. The van der Waals surface area contributed by atoms with Gasteiger partial charge in [-0.25, -0.2) is 4.79 Å². The van der Waals surface area contributed by atoms with Crippen molar-refractivity contribution in [3.05, 3.63) is 34.7 Å². The molecule has 12 heavy (non-hydrogen) atoms. The molecule has 4 nitrogen and oxygen atoms in total. The predicted molar refractivity (Wildman–Crippen MR) is 47.5 cm³/mol. The molecule has 0 fully saturated rings. The van der Waals surface area contributed by atoms with Gasteiger partial charge in [0, 0.05) is 6.72 Å². The molecule has 0 radical (unpaired) electrons. The lowest BCUT2D eigenvalue weighted by atomic mass is 10.3. The number of nitrogens with one attached hydrogen (secondary N) is 1. The highest BCUT2D eigenvalue weighted by Crippen LogP contribution is 2.07. The van der Waals surface area contributed by atoms with Crippen molar-refractivity contribution in [2.24, 2.45) is 5.10 Å². The Morgan fingerprint density at radius 1 is 1.42 bits per heavy atom. The first-order valence-electron chi connectivity index (χ1n) is 3.49. The van der Waals surface area contributed by atoms with E-state index in [4.69, 9.17) is 0 Å². The third-order valence-corrected chi connectivity index (χ3v) is 1.71. The summed E-state index contributed by atoms with van der Waals surface area (Å²) in [4.78, 5) is 13.8. The van der Waals surface area contributed by atoms with E-state index < -0.39 is 0 Å². The number of nitrogens with zero attached hydrogens (tertiary/aromatic N) is 2. The van der Waals surface area contributed by atoms with Crippen LogP contribution in [-0.4, -0.2) is 16.4 Å². The molecular weight excluding hydrogens is 154 g/mol. The number of fused-ring (bicyclic) bond motifs is 1. The quantitative estimate of drug-likeness (QED) is 0.618. The minimum Gasteiger partial charge on any atom is -0.304 e. The van der Waals surface area contributed by atoms with E-state index in [1.54, 1.807) is 0 Å². The second kappa shape index (κ2) is 2.34. The second-order valence-corrected chi connectivity index (χ2v) is 2.40. The maximum atomic E-state index is 11.1. The number of benzene rings is 1. The monoisotopic (exact) mass is 161 g/mol. The highest BCUT2D eigenvalue weighted by molar-refractivity contribution is 5.74. The van der Waals surface area contributed by atoms with Gasteiger partial charge in [0.05, 0.1) is 11.0 Å². The number of para-hydroxylation sites is 2. The topological polar surface area (TPSA) is 50.1 Å². The molecule has 0 aliphatic rings. The van der Waals surface area contributed by atoms with Gasteiger partial charge >= 0.3 is 5.69 Å². The summed E-state index contributed by atoms with van der Waals surface area (Å²) in [5, 5.41) is 3.58. The van der Waals surface area contributed by atoms with Gasteiger partial charge in [-0.2, -0.15) is 9.78 Å². The molecule has 0 amide bonds. The number of aromatic nitrogens is 2. The van der Waals surface area contributed by atoms with Crippen LogP contribution < -0.4 is 5.69 Å². The Labute approximate surface area is 68.1 Å². The van der Waals surface area contributed by atoms with E-state index >= 15 is 0 Å². The van der Waals surface area contributed by atoms with Crippen LogP contribution >= 0.6 is 0 Å². The van der Waals surface area contributed by atoms with Crippen molar-refractivity contribution >= 4 is 17.8 Å². The molecule has 0 atom stereocenters. The molecule has 0 unspecified atom stereocenters. The number of aromatic amines is 1. The standard InChI is InChI=1S/C8H7N3O/c1-9-11-7-5-3-2-4-6(7)10-8(11)12/h2-5H,1H2,(H,10,12). The fourth-order valence-corrected chi connectivity index (χ4v) is 1.18. The largest absolute Gasteiger partial charge is 0.347 e. The molecular formula is C8H7N3O. The molecule has 0 saturated carbocycles. The molecule has 1 N–H and O–H groups in total. The number of rotatable bonds is 1. The zero-order valence-corrected chi connectivity index (χ0v) is 6.32. The Hall–Kier alpha value is -1.84. The minimum atomic E-state index is -0.258.